The van der Waals surface area contributed by atoms with E-state index in [0.29, 0.717) is 0 Å². The van der Waals surface area contributed by atoms with E-state index in [1.54, 1.807) is 7.05 Å². The number of rotatable bonds is 2. The topological polar surface area (TPSA) is 16.1 Å². The van der Waals surface area contributed by atoms with Crippen molar-refractivity contribution < 1.29 is 0 Å². The summed E-state index contributed by atoms with van der Waals surface area (Å²) >= 11 is 0. The van der Waals surface area contributed by atoms with Gasteiger partial charge >= 0.3 is 0 Å². The molecule has 2 aromatic rings. The van der Waals surface area contributed by atoms with Crippen LogP contribution in [-0.4, -0.2) is 20.0 Å². The maximum Gasteiger partial charge on any atom is 0.228 e. The monoisotopic (exact) mass is 196 g/mol. The summed E-state index contributed by atoms with van der Waals surface area (Å²) in [6, 6.07) is 8.42. The lowest BCUT2D eigenvalue weighted by Gasteiger charge is -2.12. The van der Waals surface area contributed by atoms with Crippen molar-refractivity contribution in [1.29, 1.82) is 0 Å². The van der Waals surface area contributed by atoms with Crippen molar-refractivity contribution in [1.82, 2.24) is 4.98 Å². The van der Waals surface area contributed by atoms with E-state index in [-0.39, 0.29) is 0 Å². The van der Waals surface area contributed by atoms with Gasteiger partial charge in [0.2, 0.25) is 7.98 Å². The minimum absolute atomic E-state index is 0.784. The third-order valence-corrected chi connectivity index (χ3v) is 2.54. The molecule has 0 aliphatic rings. The van der Waals surface area contributed by atoms with Crippen LogP contribution in [0, 0.1) is 0 Å². The largest absolute Gasteiger partial charge is 0.413 e. The fourth-order valence-electron chi connectivity index (χ4n) is 1.59. The second-order valence-corrected chi connectivity index (χ2v) is 3.69. The van der Waals surface area contributed by atoms with Crippen LogP contribution in [0.15, 0.2) is 30.5 Å². The SMILES string of the molecule is [B]N(C)c1cc2ccc(CC)cc2cn1. The molecule has 0 fully saturated rings. The number of aromatic nitrogens is 1. The molecule has 0 spiro atoms. The lowest BCUT2D eigenvalue weighted by Crippen LogP contribution is -2.12. The van der Waals surface area contributed by atoms with Gasteiger partial charge in [-0.3, -0.25) is 0 Å². The first-order chi connectivity index (χ1) is 7.20. The van der Waals surface area contributed by atoms with E-state index in [1.807, 2.05) is 12.3 Å². The summed E-state index contributed by atoms with van der Waals surface area (Å²) in [6.07, 6.45) is 2.92. The third-order valence-electron chi connectivity index (χ3n) is 2.54. The van der Waals surface area contributed by atoms with Crippen LogP contribution in [0.1, 0.15) is 12.5 Å². The molecule has 0 aliphatic heterocycles. The van der Waals surface area contributed by atoms with E-state index in [9.17, 15) is 0 Å². The van der Waals surface area contributed by atoms with E-state index in [1.165, 1.54) is 21.1 Å². The van der Waals surface area contributed by atoms with Crippen LogP contribution in [0.4, 0.5) is 5.82 Å². The van der Waals surface area contributed by atoms with Crippen molar-refractivity contribution in [2.75, 3.05) is 11.9 Å². The summed E-state index contributed by atoms with van der Waals surface area (Å²) < 4.78 is 0. The Bertz CT molecular complexity index is 480. The van der Waals surface area contributed by atoms with Crippen LogP contribution >= 0.6 is 0 Å². The zero-order valence-corrected chi connectivity index (χ0v) is 9.07. The molecule has 2 radical (unpaired) electrons. The number of fused-ring (bicyclic) bond motifs is 1. The van der Waals surface area contributed by atoms with Gasteiger partial charge in [0.1, 0.15) is 5.82 Å². The first kappa shape index (κ1) is 10.0. The van der Waals surface area contributed by atoms with Gasteiger partial charge in [-0.05, 0) is 36.6 Å². The molecule has 0 unspecified atom stereocenters. The Morgan fingerprint density at radius 2 is 2.07 bits per heavy atom. The molecule has 15 heavy (non-hydrogen) atoms. The Hall–Kier alpha value is -1.51. The van der Waals surface area contributed by atoms with E-state index in [0.717, 1.165) is 12.2 Å². The minimum Gasteiger partial charge on any atom is -0.413 e. The maximum absolute atomic E-state index is 5.63. The van der Waals surface area contributed by atoms with Crippen molar-refractivity contribution in [3.63, 3.8) is 0 Å². The lowest BCUT2D eigenvalue weighted by molar-refractivity contribution is 1.14. The number of benzene rings is 1. The molecule has 0 atom stereocenters. The number of hydrogen-bond acceptors (Lipinski definition) is 2. The van der Waals surface area contributed by atoms with Crippen LogP contribution in [0.2, 0.25) is 0 Å². The highest BCUT2D eigenvalue weighted by Crippen LogP contribution is 2.19. The van der Waals surface area contributed by atoms with Crippen LogP contribution in [-0.2, 0) is 6.42 Å². The Kier molecular flexibility index (Phi) is 2.63. The van der Waals surface area contributed by atoms with Crippen molar-refractivity contribution in [3.8, 4) is 0 Å². The van der Waals surface area contributed by atoms with E-state index in [2.05, 4.69) is 30.1 Å². The number of pyridine rings is 1. The van der Waals surface area contributed by atoms with Crippen molar-refractivity contribution in [2.45, 2.75) is 13.3 Å². The quantitative estimate of drug-likeness (QED) is 0.685. The molecule has 1 aromatic carbocycles. The van der Waals surface area contributed by atoms with Gasteiger partial charge in [0.25, 0.3) is 0 Å². The van der Waals surface area contributed by atoms with Crippen molar-refractivity contribution in [2.24, 2.45) is 0 Å². The highest BCUT2D eigenvalue weighted by Gasteiger charge is 2.00. The number of aryl methyl sites for hydroxylation is 1. The third kappa shape index (κ3) is 1.96. The average molecular weight is 196 g/mol. The molecule has 2 nitrogen and oxygen atoms in total. The Balaban J connectivity index is 2.55. The van der Waals surface area contributed by atoms with Crippen molar-refractivity contribution >= 4 is 24.6 Å². The lowest BCUT2D eigenvalue weighted by atomic mass is 10.1. The molecule has 74 valence electrons. The van der Waals surface area contributed by atoms with E-state index in [4.69, 9.17) is 7.98 Å². The van der Waals surface area contributed by atoms with Gasteiger partial charge in [-0.25, -0.2) is 4.98 Å². The van der Waals surface area contributed by atoms with E-state index < -0.39 is 0 Å². The molecule has 3 heteroatoms. The Morgan fingerprint density at radius 3 is 2.73 bits per heavy atom. The Labute approximate surface area is 91.4 Å². The molecule has 0 saturated heterocycles. The first-order valence-electron chi connectivity index (χ1n) is 5.08. The second-order valence-electron chi connectivity index (χ2n) is 3.69. The first-order valence-corrected chi connectivity index (χ1v) is 5.08. The minimum atomic E-state index is 0.784. The normalized spacial score (nSPS) is 10.5. The maximum atomic E-state index is 5.63. The smallest absolute Gasteiger partial charge is 0.228 e. The molecule has 0 bridgehead atoms. The van der Waals surface area contributed by atoms with Crippen molar-refractivity contribution in [3.05, 3.63) is 36.0 Å². The molecule has 0 saturated carbocycles. The second kappa shape index (κ2) is 3.93. The zero-order chi connectivity index (χ0) is 10.8. The van der Waals surface area contributed by atoms with Crippen LogP contribution < -0.4 is 4.81 Å². The summed E-state index contributed by atoms with van der Waals surface area (Å²) in [5.74, 6) is 0.784. The van der Waals surface area contributed by atoms with Crippen LogP contribution in [0.25, 0.3) is 10.8 Å². The molecule has 2 rings (SSSR count). The molecular weight excluding hydrogens is 183 g/mol. The summed E-state index contributed by atoms with van der Waals surface area (Å²) in [5, 5.41) is 2.34. The molecule has 1 heterocycles. The Morgan fingerprint density at radius 1 is 1.27 bits per heavy atom. The predicted octanol–water partition coefficient (Wildman–Crippen LogP) is 2.32. The molecule has 0 amide bonds. The standard InChI is InChI=1S/C12H13BN2/c1-3-9-4-5-10-7-12(15(2)13)14-8-11(10)6-9/h4-8H,3H2,1-2H3. The molecular formula is C12H13BN2. The number of nitrogens with zero attached hydrogens (tertiary/aromatic N) is 2. The van der Waals surface area contributed by atoms with Gasteiger partial charge in [0, 0.05) is 11.6 Å². The fraction of sp³-hybridized carbons (Fsp3) is 0.250. The van der Waals surface area contributed by atoms with E-state index >= 15 is 0 Å². The number of hydrogen-bond donors (Lipinski definition) is 0. The summed E-state index contributed by atoms with van der Waals surface area (Å²) in [6.45, 7) is 2.15. The van der Waals surface area contributed by atoms with Gasteiger partial charge in [-0.15, -0.1) is 0 Å². The number of anilines is 1. The molecule has 0 N–H and O–H groups in total. The zero-order valence-electron chi connectivity index (χ0n) is 9.07. The van der Waals surface area contributed by atoms with Gasteiger partial charge in [-0.1, -0.05) is 19.1 Å². The summed E-state index contributed by atoms with van der Waals surface area (Å²) in [5.41, 5.74) is 1.33. The van der Waals surface area contributed by atoms with Gasteiger partial charge in [-0.2, -0.15) is 0 Å². The summed E-state index contributed by atoms with van der Waals surface area (Å²) in [7, 11) is 7.42. The highest BCUT2D eigenvalue weighted by atomic mass is 15.1. The highest BCUT2D eigenvalue weighted by molar-refractivity contribution is 6.17. The van der Waals surface area contributed by atoms with Gasteiger partial charge in [0.15, 0.2) is 0 Å². The molecule has 1 aromatic heterocycles. The van der Waals surface area contributed by atoms with Gasteiger partial charge < -0.3 is 4.81 Å². The summed E-state index contributed by atoms with van der Waals surface area (Å²) in [4.78, 5) is 5.80. The predicted molar refractivity (Wildman–Crippen MR) is 65.3 cm³/mol. The van der Waals surface area contributed by atoms with Gasteiger partial charge in [0.05, 0.1) is 0 Å². The van der Waals surface area contributed by atoms with Crippen LogP contribution in [0.5, 0.6) is 0 Å². The average Bonchev–Trinajstić information content (AvgIpc) is 2.27. The molecule has 0 aliphatic carbocycles. The fourth-order valence-corrected chi connectivity index (χ4v) is 1.59. The van der Waals surface area contributed by atoms with Crippen LogP contribution in [0.3, 0.4) is 0 Å².